The van der Waals surface area contributed by atoms with Crippen LogP contribution in [-0.2, 0) is 19.0 Å². The number of rotatable bonds is 2. The molecule has 0 amide bonds. The lowest BCUT2D eigenvalue weighted by molar-refractivity contribution is -0.137. The van der Waals surface area contributed by atoms with E-state index in [1.807, 2.05) is 6.92 Å². The van der Waals surface area contributed by atoms with Crippen LogP contribution in [0.25, 0.3) is 5.69 Å². The highest BCUT2D eigenvalue weighted by Crippen LogP contribution is 2.32. The largest absolute Gasteiger partial charge is 0.416 e. The Morgan fingerprint density at radius 2 is 2.09 bits per heavy atom. The van der Waals surface area contributed by atoms with Gasteiger partial charge in [0, 0.05) is 12.1 Å². The van der Waals surface area contributed by atoms with Gasteiger partial charge in [-0.2, -0.15) is 18.3 Å². The van der Waals surface area contributed by atoms with Crippen LogP contribution in [0.15, 0.2) is 24.3 Å². The molecule has 3 rings (SSSR count). The number of nitrogens with zero attached hydrogens (tertiary/aromatic N) is 2. The summed E-state index contributed by atoms with van der Waals surface area (Å²) in [5.41, 5.74) is 1.89. The minimum Gasteiger partial charge on any atom is -0.370 e. The Bertz CT molecular complexity index is 674. The van der Waals surface area contributed by atoms with E-state index in [-0.39, 0.29) is 0 Å². The number of aryl methyl sites for hydroxylation is 1. The Morgan fingerprint density at radius 3 is 2.82 bits per heavy atom. The van der Waals surface area contributed by atoms with Crippen LogP contribution in [0.1, 0.15) is 36.6 Å². The summed E-state index contributed by atoms with van der Waals surface area (Å²) in [5, 5.41) is 7.86. The zero-order chi connectivity index (χ0) is 15.7. The molecule has 1 aromatic carbocycles. The summed E-state index contributed by atoms with van der Waals surface area (Å²) in [6, 6.07) is 5.32. The van der Waals surface area contributed by atoms with E-state index in [0.717, 1.165) is 61.4 Å². The molecule has 0 radical (unpaired) electrons. The van der Waals surface area contributed by atoms with E-state index in [9.17, 15) is 13.2 Å². The molecule has 0 atom stereocenters. The van der Waals surface area contributed by atoms with Gasteiger partial charge < -0.3 is 5.32 Å². The second-order valence-corrected chi connectivity index (χ2v) is 5.47. The average Bonchev–Trinajstić information content (AvgIpc) is 2.67. The van der Waals surface area contributed by atoms with Gasteiger partial charge in [-0.1, -0.05) is 13.0 Å². The normalized spacial score (nSPS) is 15.1. The van der Waals surface area contributed by atoms with Crippen molar-refractivity contribution in [2.75, 3.05) is 11.9 Å². The number of benzene rings is 1. The molecule has 6 heteroatoms. The van der Waals surface area contributed by atoms with Crippen LogP contribution < -0.4 is 5.32 Å². The smallest absolute Gasteiger partial charge is 0.370 e. The SMILES string of the molecule is CCc1nn(-c2cccc(C(F)(F)F)c2)c2c1CCCCN2. The predicted molar refractivity (Wildman–Crippen MR) is 79.4 cm³/mol. The summed E-state index contributed by atoms with van der Waals surface area (Å²) in [6.07, 6.45) is -0.525. The van der Waals surface area contributed by atoms with Crippen molar-refractivity contribution >= 4 is 5.82 Å². The molecule has 0 fully saturated rings. The number of halogens is 3. The summed E-state index contributed by atoms with van der Waals surface area (Å²) in [5.74, 6) is 0.841. The molecule has 1 N–H and O–H groups in total. The molecule has 1 aliphatic rings. The van der Waals surface area contributed by atoms with Crippen molar-refractivity contribution in [3.63, 3.8) is 0 Å². The Balaban J connectivity index is 2.11. The molecular weight excluding hydrogens is 291 g/mol. The fourth-order valence-corrected chi connectivity index (χ4v) is 2.86. The third-order valence-electron chi connectivity index (χ3n) is 3.97. The van der Waals surface area contributed by atoms with E-state index >= 15 is 0 Å². The van der Waals surface area contributed by atoms with E-state index in [2.05, 4.69) is 10.4 Å². The van der Waals surface area contributed by atoms with Crippen molar-refractivity contribution in [3.05, 3.63) is 41.1 Å². The Morgan fingerprint density at radius 1 is 1.27 bits per heavy atom. The molecule has 0 unspecified atom stereocenters. The first-order valence-electron chi connectivity index (χ1n) is 7.53. The van der Waals surface area contributed by atoms with Crippen molar-refractivity contribution < 1.29 is 13.2 Å². The highest BCUT2D eigenvalue weighted by Gasteiger charge is 2.31. The molecule has 22 heavy (non-hydrogen) atoms. The minimum atomic E-state index is -4.35. The van der Waals surface area contributed by atoms with Gasteiger partial charge >= 0.3 is 6.18 Å². The van der Waals surface area contributed by atoms with Gasteiger partial charge in [-0.25, -0.2) is 4.68 Å². The van der Waals surface area contributed by atoms with Crippen LogP contribution in [0.3, 0.4) is 0 Å². The Labute approximate surface area is 127 Å². The van der Waals surface area contributed by atoms with Crippen LogP contribution in [0.4, 0.5) is 19.0 Å². The van der Waals surface area contributed by atoms with Gasteiger partial charge in [0.25, 0.3) is 0 Å². The summed E-state index contributed by atoms with van der Waals surface area (Å²) in [4.78, 5) is 0. The zero-order valence-corrected chi connectivity index (χ0v) is 12.4. The molecule has 2 heterocycles. The molecule has 1 aromatic heterocycles. The van der Waals surface area contributed by atoms with Crippen molar-refractivity contribution in [1.29, 1.82) is 0 Å². The molecule has 1 aliphatic heterocycles. The first kappa shape index (κ1) is 14.9. The van der Waals surface area contributed by atoms with Gasteiger partial charge in [0.05, 0.1) is 16.9 Å². The topological polar surface area (TPSA) is 29.9 Å². The summed E-state index contributed by atoms with van der Waals surface area (Å²) >= 11 is 0. The number of hydrogen-bond donors (Lipinski definition) is 1. The molecule has 0 bridgehead atoms. The maximum absolute atomic E-state index is 12.9. The third-order valence-corrected chi connectivity index (χ3v) is 3.97. The van der Waals surface area contributed by atoms with Gasteiger partial charge in [0.2, 0.25) is 0 Å². The van der Waals surface area contributed by atoms with E-state index in [1.54, 1.807) is 10.7 Å². The Kier molecular flexibility index (Phi) is 3.85. The fraction of sp³-hybridized carbons (Fsp3) is 0.438. The molecule has 118 valence electrons. The van der Waals surface area contributed by atoms with E-state index in [1.165, 1.54) is 6.07 Å². The highest BCUT2D eigenvalue weighted by molar-refractivity contribution is 5.54. The van der Waals surface area contributed by atoms with Crippen LogP contribution >= 0.6 is 0 Å². The average molecular weight is 309 g/mol. The van der Waals surface area contributed by atoms with Crippen LogP contribution in [-0.4, -0.2) is 16.3 Å². The molecule has 0 saturated heterocycles. The maximum Gasteiger partial charge on any atom is 0.416 e. The molecule has 2 aromatic rings. The second kappa shape index (κ2) is 5.66. The number of anilines is 1. The van der Waals surface area contributed by atoms with Crippen molar-refractivity contribution in [3.8, 4) is 5.69 Å². The monoisotopic (exact) mass is 309 g/mol. The quantitative estimate of drug-likeness (QED) is 0.901. The Hall–Kier alpha value is -1.98. The molecule has 3 nitrogen and oxygen atoms in total. The number of hydrogen-bond acceptors (Lipinski definition) is 2. The summed E-state index contributed by atoms with van der Waals surface area (Å²) in [6.45, 7) is 2.84. The third kappa shape index (κ3) is 2.69. The van der Waals surface area contributed by atoms with Crippen molar-refractivity contribution in [1.82, 2.24) is 9.78 Å². The van der Waals surface area contributed by atoms with Gasteiger partial charge in [0.15, 0.2) is 0 Å². The molecular formula is C16H18F3N3. The lowest BCUT2D eigenvalue weighted by Crippen LogP contribution is -2.09. The number of alkyl halides is 3. The standard InChI is InChI=1S/C16H18F3N3/c1-2-14-13-8-3-4-9-20-15(13)22(21-14)12-7-5-6-11(10-12)16(17,18)19/h5-7,10,20H,2-4,8-9H2,1H3. The van der Waals surface area contributed by atoms with Crippen molar-refractivity contribution in [2.45, 2.75) is 38.8 Å². The van der Waals surface area contributed by atoms with Gasteiger partial charge in [0.1, 0.15) is 5.82 Å². The van der Waals surface area contributed by atoms with E-state index in [4.69, 9.17) is 0 Å². The highest BCUT2D eigenvalue weighted by atomic mass is 19.4. The van der Waals surface area contributed by atoms with Crippen LogP contribution in [0, 0.1) is 0 Å². The summed E-state index contributed by atoms with van der Waals surface area (Å²) < 4.78 is 40.4. The minimum absolute atomic E-state index is 0.445. The van der Waals surface area contributed by atoms with Crippen LogP contribution in [0.2, 0.25) is 0 Å². The van der Waals surface area contributed by atoms with Gasteiger partial charge in [-0.3, -0.25) is 0 Å². The first-order chi connectivity index (χ1) is 10.5. The zero-order valence-electron chi connectivity index (χ0n) is 12.4. The summed E-state index contributed by atoms with van der Waals surface area (Å²) in [7, 11) is 0. The molecule has 0 aliphatic carbocycles. The second-order valence-electron chi connectivity index (χ2n) is 5.47. The van der Waals surface area contributed by atoms with Crippen LogP contribution in [0.5, 0.6) is 0 Å². The number of nitrogens with one attached hydrogen (secondary N) is 1. The predicted octanol–water partition coefficient (Wildman–Crippen LogP) is 4.20. The number of aromatic nitrogens is 2. The molecule has 0 saturated carbocycles. The lowest BCUT2D eigenvalue weighted by atomic mass is 10.1. The lowest BCUT2D eigenvalue weighted by Gasteiger charge is -2.12. The fourth-order valence-electron chi connectivity index (χ4n) is 2.86. The van der Waals surface area contributed by atoms with E-state index < -0.39 is 11.7 Å². The van der Waals surface area contributed by atoms with Gasteiger partial charge in [-0.05, 0) is 43.9 Å². The molecule has 0 spiro atoms. The van der Waals surface area contributed by atoms with Gasteiger partial charge in [-0.15, -0.1) is 0 Å². The van der Waals surface area contributed by atoms with Crippen molar-refractivity contribution in [2.24, 2.45) is 0 Å². The number of fused-ring (bicyclic) bond motifs is 1. The first-order valence-corrected chi connectivity index (χ1v) is 7.53. The maximum atomic E-state index is 12.9. The van der Waals surface area contributed by atoms with E-state index in [0.29, 0.717) is 5.69 Å².